The molecule has 0 unspecified atom stereocenters. The van der Waals surface area contributed by atoms with Crippen LogP contribution in [0.25, 0.3) is 5.69 Å². The number of nitrogens with one attached hydrogen (secondary N) is 1. The van der Waals surface area contributed by atoms with Crippen LogP contribution in [0.2, 0.25) is 5.02 Å². The van der Waals surface area contributed by atoms with Gasteiger partial charge < -0.3 is 5.11 Å². The Morgan fingerprint density at radius 3 is 2.42 bits per heavy atom. The third kappa shape index (κ3) is 3.00. The van der Waals surface area contributed by atoms with Gasteiger partial charge in [-0.15, -0.1) is 0 Å². The first-order valence-electron chi connectivity index (χ1n) is 7.00. The summed E-state index contributed by atoms with van der Waals surface area (Å²) in [6.45, 7) is 0. The van der Waals surface area contributed by atoms with E-state index >= 15 is 0 Å². The first kappa shape index (κ1) is 15.8. The average Bonchev–Trinajstić information content (AvgIpc) is 2.57. The van der Waals surface area contributed by atoms with Crippen LogP contribution >= 0.6 is 11.6 Å². The van der Waals surface area contributed by atoms with Gasteiger partial charge in [0.2, 0.25) is 5.88 Å². The molecule has 0 saturated carbocycles. The number of aromatic nitrogens is 2. The number of halogens is 1. The summed E-state index contributed by atoms with van der Waals surface area (Å²) in [6.07, 6.45) is 1.17. The molecule has 0 amide bonds. The summed E-state index contributed by atoms with van der Waals surface area (Å²) in [5.41, 5.74) is -0.753. The Hall–Kier alpha value is -3.12. The highest BCUT2D eigenvalue weighted by atomic mass is 35.5. The first-order valence-corrected chi connectivity index (χ1v) is 7.38. The highest BCUT2D eigenvalue weighted by molar-refractivity contribution is 6.33. The topological polar surface area (TPSA) is 87.5 Å². The molecule has 0 aliphatic rings. The fourth-order valence-electron chi connectivity index (χ4n) is 2.16. The standard InChI is InChI=1S/C17H12ClN3O3/c18-13-8-4-5-9-14(13)19-10-12-15(22)20-17(24)21(16(12)23)11-6-2-1-3-7-11/h1-10,23H,(H,20,22,24). The van der Waals surface area contributed by atoms with Gasteiger partial charge in [-0.2, -0.15) is 0 Å². The van der Waals surface area contributed by atoms with E-state index in [1.165, 1.54) is 6.21 Å². The van der Waals surface area contributed by atoms with Crippen molar-refractivity contribution in [1.82, 2.24) is 9.55 Å². The minimum atomic E-state index is -0.737. The molecule has 3 rings (SSSR count). The summed E-state index contributed by atoms with van der Waals surface area (Å²) in [4.78, 5) is 30.3. The number of benzene rings is 2. The number of hydrogen-bond donors (Lipinski definition) is 2. The Morgan fingerprint density at radius 1 is 1.04 bits per heavy atom. The summed E-state index contributed by atoms with van der Waals surface area (Å²) < 4.78 is 0.995. The maximum Gasteiger partial charge on any atom is 0.335 e. The number of para-hydroxylation sites is 2. The molecule has 0 radical (unpaired) electrons. The van der Waals surface area contributed by atoms with Crippen LogP contribution in [0.4, 0.5) is 5.69 Å². The van der Waals surface area contributed by atoms with Crippen LogP contribution < -0.4 is 11.2 Å². The van der Waals surface area contributed by atoms with Crippen molar-refractivity contribution in [1.29, 1.82) is 0 Å². The largest absolute Gasteiger partial charge is 0.493 e. The van der Waals surface area contributed by atoms with E-state index in [1.807, 2.05) is 0 Å². The van der Waals surface area contributed by atoms with Crippen molar-refractivity contribution in [2.24, 2.45) is 4.99 Å². The summed E-state index contributed by atoms with van der Waals surface area (Å²) >= 11 is 6.01. The number of rotatable bonds is 3. The summed E-state index contributed by atoms with van der Waals surface area (Å²) in [6, 6.07) is 15.3. The zero-order chi connectivity index (χ0) is 17.1. The Bertz CT molecular complexity index is 1020. The molecule has 0 bridgehead atoms. The van der Waals surface area contributed by atoms with E-state index in [1.54, 1.807) is 54.6 Å². The van der Waals surface area contributed by atoms with E-state index in [2.05, 4.69) is 9.98 Å². The summed E-state index contributed by atoms with van der Waals surface area (Å²) in [5, 5.41) is 10.8. The third-order valence-electron chi connectivity index (χ3n) is 3.32. The van der Waals surface area contributed by atoms with Gasteiger partial charge in [0.25, 0.3) is 5.56 Å². The van der Waals surface area contributed by atoms with Crippen LogP contribution in [-0.2, 0) is 0 Å². The number of aromatic hydroxyl groups is 1. The molecule has 0 fully saturated rings. The molecular formula is C17H12ClN3O3. The second-order valence-corrected chi connectivity index (χ2v) is 5.28. The highest BCUT2D eigenvalue weighted by Gasteiger charge is 2.14. The zero-order valence-electron chi connectivity index (χ0n) is 12.3. The Morgan fingerprint density at radius 2 is 1.71 bits per heavy atom. The molecule has 3 aromatic rings. The molecule has 1 aromatic heterocycles. The number of nitrogens with zero attached hydrogens (tertiary/aromatic N) is 2. The van der Waals surface area contributed by atoms with Crippen molar-refractivity contribution >= 4 is 23.5 Å². The molecular weight excluding hydrogens is 330 g/mol. The number of aromatic amines is 1. The van der Waals surface area contributed by atoms with Crippen LogP contribution in [0, 0.1) is 0 Å². The SMILES string of the molecule is O=c1[nH]c(=O)n(-c2ccccc2)c(O)c1C=Nc1ccccc1Cl. The van der Waals surface area contributed by atoms with E-state index in [-0.39, 0.29) is 5.56 Å². The Kier molecular flexibility index (Phi) is 4.31. The molecule has 24 heavy (non-hydrogen) atoms. The molecule has 0 aliphatic carbocycles. The number of hydrogen-bond acceptors (Lipinski definition) is 4. The quantitative estimate of drug-likeness (QED) is 0.718. The van der Waals surface area contributed by atoms with Crippen molar-refractivity contribution in [2.75, 3.05) is 0 Å². The summed E-state index contributed by atoms with van der Waals surface area (Å²) in [5.74, 6) is -0.495. The fraction of sp³-hybridized carbons (Fsp3) is 0. The van der Waals surface area contributed by atoms with Crippen molar-refractivity contribution in [3.8, 4) is 11.6 Å². The molecule has 6 nitrogen and oxygen atoms in total. The van der Waals surface area contributed by atoms with Crippen molar-refractivity contribution in [3.63, 3.8) is 0 Å². The molecule has 7 heteroatoms. The van der Waals surface area contributed by atoms with Gasteiger partial charge in [-0.3, -0.25) is 14.8 Å². The van der Waals surface area contributed by atoms with Gasteiger partial charge in [-0.05, 0) is 24.3 Å². The number of aliphatic imine (C=N–C) groups is 1. The zero-order valence-corrected chi connectivity index (χ0v) is 13.1. The van der Waals surface area contributed by atoms with E-state index in [0.29, 0.717) is 16.4 Å². The van der Waals surface area contributed by atoms with Gasteiger partial charge in [0, 0.05) is 6.21 Å². The molecule has 0 saturated heterocycles. The lowest BCUT2D eigenvalue weighted by atomic mass is 10.3. The molecule has 0 atom stereocenters. The molecule has 2 N–H and O–H groups in total. The van der Waals surface area contributed by atoms with Gasteiger partial charge in [-0.1, -0.05) is 41.9 Å². The first-order chi connectivity index (χ1) is 11.6. The van der Waals surface area contributed by atoms with Crippen LogP contribution in [0.1, 0.15) is 5.56 Å². The van der Waals surface area contributed by atoms with Gasteiger partial charge >= 0.3 is 5.69 Å². The van der Waals surface area contributed by atoms with Crippen LogP contribution in [-0.4, -0.2) is 20.9 Å². The van der Waals surface area contributed by atoms with E-state index in [0.717, 1.165) is 4.57 Å². The lowest BCUT2D eigenvalue weighted by Crippen LogP contribution is -2.31. The molecule has 0 aliphatic heterocycles. The molecule has 1 heterocycles. The van der Waals surface area contributed by atoms with Crippen LogP contribution in [0.15, 0.2) is 69.2 Å². The predicted molar refractivity (Wildman–Crippen MR) is 93.0 cm³/mol. The van der Waals surface area contributed by atoms with E-state index in [4.69, 9.17) is 11.6 Å². The fourth-order valence-corrected chi connectivity index (χ4v) is 2.35. The van der Waals surface area contributed by atoms with Crippen molar-refractivity contribution in [3.05, 3.63) is 86.0 Å². The maximum atomic E-state index is 12.0. The van der Waals surface area contributed by atoms with Crippen molar-refractivity contribution < 1.29 is 5.11 Å². The van der Waals surface area contributed by atoms with E-state index in [9.17, 15) is 14.7 Å². The minimum Gasteiger partial charge on any atom is -0.493 e. The second-order valence-electron chi connectivity index (χ2n) is 4.88. The molecule has 120 valence electrons. The normalized spacial score (nSPS) is 11.0. The van der Waals surface area contributed by atoms with Crippen LogP contribution in [0.5, 0.6) is 5.88 Å². The second kappa shape index (κ2) is 6.55. The van der Waals surface area contributed by atoms with Gasteiger partial charge in [-0.25, -0.2) is 9.36 Å². The predicted octanol–water partition coefficient (Wildman–Crippen LogP) is 2.64. The minimum absolute atomic E-state index is 0.140. The third-order valence-corrected chi connectivity index (χ3v) is 3.64. The van der Waals surface area contributed by atoms with Crippen LogP contribution in [0.3, 0.4) is 0 Å². The van der Waals surface area contributed by atoms with E-state index < -0.39 is 17.1 Å². The van der Waals surface area contributed by atoms with Gasteiger partial charge in [0.1, 0.15) is 5.56 Å². The Labute approximate surface area is 141 Å². The summed E-state index contributed by atoms with van der Waals surface area (Å²) in [7, 11) is 0. The van der Waals surface area contributed by atoms with Crippen molar-refractivity contribution in [2.45, 2.75) is 0 Å². The smallest absolute Gasteiger partial charge is 0.335 e. The molecule has 2 aromatic carbocycles. The van der Waals surface area contributed by atoms with Gasteiger partial charge in [0.05, 0.1) is 16.4 Å². The highest BCUT2D eigenvalue weighted by Crippen LogP contribution is 2.24. The molecule has 0 spiro atoms. The Balaban J connectivity index is 2.15. The lowest BCUT2D eigenvalue weighted by molar-refractivity contribution is 0.430. The average molecular weight is 342 g/mol. The number of H-pyrrole nitrogens is 1. The van der Waals surface area contributed by atoms with Gasteiger partial charge in [0.15, 0.2) is 0 Å². The lowest BCUT2D eigenvalue weighted by Gasteiger charge is -2.09. The maximum absolute atomic E-state index is 12.0. The monoisotopic (exact) mass is 341 g/mol.